The van der Waals surface area contributed by atoms with Gasteiger partial charge in [0, 0.05) is 16.1 Å². The van der Waals surface area contributed by atoms with E-state index in [0.29, 0.717) is 12.4 Å². The number of nitrogens with one attached hydrogen (secondary N) is 1. The van der Waals surface area contributed by atoms with E-state index in [1.54, 1.807) is 0 Å². The highest BCUT2D eigenvalue weighted by atomic mass is 79.9. The molecular weight excluding hydrogens is 285 g/mol. The molecule has 0 bridgehead atoms. The fourth-order valence-electron chi connectivity index (χ4n) is 2.14. The van der Waals surface area contributed by atoms with Gasteiger partial charge in [0.1, 0.15) is 0 Å². The Labute approximate surface area is 110 Å². The summed E-state index contributed by atoms with van der Waals surface area (Å²) in [6.07, 6.45) is 3.01. The van der Waals surface area contributed by atoms with E-state index >= 15 is 0 Å². The van der Waals surface area contributed by atoms with Crippen molar-refractivity contribution in [1.29, 1.82) is 0 Å². The lowest BCUT2D eigenvalue weighted by molar-refractivity contribution is 0.300. The van der Waals surface area contributed by atoms with E-state index in [2.05, 4.69) is 28.2 Å². The summed E-state index contributed by atoms with van der Waals surface area (Å²) in [5, 5.41) is 3.45. The molecule has 1 aliphatic heterocycles. The average molecular weight is 302 g/mol. The maximum Gasteiger partial charge on any atom is 0.166 e. The molecule has 1 N–H and O–H groups in total. The van der Waals surface area contributed by atoms with Gasteiger partial charge in [0.25, 0.3) is 0 Å². The van der Waals surface area contributed by atoms with E-state index in [4.69, 9.17) is 4.74 Å². The zero-order valence-electron chi connectivity index (χ0n) is 9.93. The molecule has 0 fully saturated rings. The number of ether oxygens (including phenoxy) is 1. The van der Waals surface area contributed by atoms with Gasteiger partial charge in [0.05, 0.1) is 6.61 Å². The molecular formula is C13H17BrFNO. The van der Waals surface area contributed by atoms with E-state index in [-0.39, 0.29) is 11.9 Å². The summed E-state index contributed by atoms with van der Waals surface area (Å²) >= 11 is 3.34. The van der Waals surface area contributed by atoms with Crippen LogP contribution < -0.4 is 10.1 Å². The average Bonchev–Trinajstić information content (AvgIpc) is 2.49. The Balaban J connectivity index is 2.33. The minimum atomic E-state index is -0.278. The van der Waals surface area contributed by atoms with Gasteiger partial charge in [-0.1, -0.05) is 22.9 Å². The van der Waals surface area contributed by atoms with Crippen LogP contribution in [0.1, 0.15) is 37.8 Å². The quantitative estimate of drug-likeness (QED) is 0.917. The Hall–Kier alpha value is -0.610. The molecule has 1 heterocycles. The Morgan fingerprint density at radius 1 is 1.53 bits per heavy atom. The molecule has 0 saturated heterocycles. The number of benzene rings is 1. The summed E-state index contributed by atoms with van der Waals surface area (Å²) in [6.45, 7) is 3.66. The third-order valence-electron chi connectivity index (χ3n) is 2.94. The normalized spacial score (nSPS) is 19.4. The molecule has 0 aliphatic carbocycles. The van der Waals surface area contributed by atoms with Gasteiger partial charge in [-0.15, -0.1) is 0 Å². The van der Waals surface area contributed by atoms with Crippen LogP contribution in [0.25, 0.3) is 0 Å². The van der Waals surface area contributed by atoms with Crippen molar-refractivity contribution in [1.82, 2.24) is 5.32 Å². The Morgan fingerprint density at radius 3 is 3.12 bits per heavy atom. The molecule has 94 valence electrons. The summed E-state index contributed by atoms with van der Waals surface area (Å²) < 4.78 is 20.1. The summed E-state index contributed by atoms with van der Waals surface area (Å²) in [6, 6.07) is 3.61. The van der Waals surface area contributed by atoms with Gasteiger partial charge >= 0.3 is 0 Å². The molecule has 2 nitrogen and oxygen atoms in total. The van der Waals surface area contributed by atoms with Gasteiger partial charge in [0.2, 0.25) is 0 Å². The van der Waals surface area contributed by atoms with Crippen LogP contribution in [0, 0.1) is 5.82 Å². The molecule has 17 heavy (non-hydrogen) atoms. The highest BCUT2D eigenvalue weighted by molar-refractivity contribution is 9.10. The molecule has 0 aromatic heterocycles. The molecule has 1 aliphatic rings. The lowest BCUT2D eigenvalue weighted by Gasteiger charge is -2.18. The molecule has 1 unspecified atom stereocenters. The van der Waals surface area contributed by atoms with Crippen molar-refractivity contribution in [2.75, 3.05) is 13.2 Å². The van der Waals surface area contributed by atoms with Crippen LogP contribution in [0.15, 0.2) is 16.6 Å². The van der Waals surface area contributed by atoms with Crippen molar-refractivity contribution < 1.29 is 9.13 Å². The van der Waals surface area contributed by atoms with Crippen LogP contribution >= 0.6 is 15.9 Å². The first kappa shape index (κ1) is 12.8. The second-order valence-corrected chi connectivity index (χ2v) is 5.22. The van der Waals surface area contributed by atoms with Gasteiger partial charge in [0.15, 0.2) is 11.6 Å². The van der Waals surface area contributed by atoms with Gasteiger partial charge in [-0.2, -0.15) is 0 Å². The van der Waals surface area contributed by atoms with E-state index < -0.39 is 0 Å². The number of rotatable bonds is 3. The number of halogens is 2. The third-order valence-corrected chi connectivity index (χ3v) is 3.39. The summed E-state index contributed by atoms with van der Waals surface area (Å²) in [5.41, 5.74) is 0.933. The zero-order valence-corrected chi connectivity index (χ0v) is 11.5. The summed E-state index contributed by atoms with van der Waals surface area (Å²) in [4.78, 5) is 0. The third kappa shape index (κ3) is 2.99. The predicted molar refractivity (Wildman–Crippen MR) is 69.9 cm³/mol. The SMILES string of the molecule is CCCNC1CCCOc2c(F)cc(Br)cc21. The topological polar surface area (TPSA) is 21.3 Å². The van der Waals surface area contributed by atoms with Gasteiger partial charge < -0.3 is 10.1 Å². The van der Waals surface area contributed by atoms with Crippen molar-refractivity contribution in [2.24, 2.45) is 0 Å². The van der Waals surface area contributed by atoms with Crippen LogP contribution in [-0.2, 0) is 0 Å². The second-order valence-electron chi connectivity index (χ2n) is 4.30. The molecule has 1 atom stereocenters. The molecule has 2 rings (SSSR count). The van der Waals surface area contributed by atoms with E-state index in [9.17, 15) is 4.39 Å². The van der Waals surface area contributed by atoms with Crippen molar-refractivity contribution in [3.8, 4) is 5.75 Å². The highest BCUT2D eigenvalue weighted by Gasteiger charge is 2.22. The summed E-state index contributed by atoms with van der Waals surface area (Å²) in [7, 11) is 0. The summed E-state index contributed by atoms with van der Waals surface area (Å²) in [5.74, 6) is 0.138. The van der Waals surface area contributed by atoms with E-state index in [0.717, 1.165) is 35.8 Å². The first-order valence-corrected chi connectivity index (χ1v) is 6.86. The molecule has 0 amide bonds. The van der Waals surface area contributed by atoms with Crippen molar-refractivity contribution in [2.45, 2.75) is 32.2 Å². The number of hydrogen-bond acceptors (Lipinski definition) is 2. The van der Waals surface area contributed by atoms with E-state index in [1.807, 2.05) is 6.07 Å². The zero-order chi connectivity index (χ0) is 12.3. The lowest BCUT2D eigenvalue weighted by atomic mass is 10.0. The van der Waals surface area contributed by atoms with Crippen LogP contribution in [0.4, 0.5) is 4.39 Å². The maximum absolute atomic E-state index is 13.8. The van der Waals surface area contributed by atoms with Crippen LogP contribution in [-0.4, -0.2) is 13.2 Å². The van der Waals surface area contributed by atoms with Crippen molar-refractivity contribution in [3.05, 3.63) is 28.0 Å². The number of hydrogen-bond donors (Lipinski definition) is 1. The Bertz CT molecular complexity index is 397. The van der Waals surface area contributed by atoms with Crippen molar-refractivity contribution >= 4 is 15.9 Å². The second kappa shape index (κ2) is 5.83. The standard InChI is InChI=1S/C13H17BrFNO/c1-2-5-16-12-4-3-6-17-13-10(12)7-9(14)8-11(13)15/h7-8,12,16H,2-6H2,1H3. The fourth-order valence-corrected chi connectivity index (χ4v) is 2.59. The van der Waals surface area contributed by atoms with Crippen LogP contribution in [0.5, 0.6) is 5.75 Å². The highest BCUT2D eigenvalue weighted by Crippen LogP contribution is 2.35. The number of fused-ring (bicyclic) bond motifs is 1. The fraction of sp³-hybridized carbons (Fsp3) is 0.538. The molecule has 0 radical (unpaired) electrons. The smallest absolute Gasteiger partial charge is 0.166 e. The predicted octanol–water partition coefficient (Wildman–Crippen LogP) is 3.80. The molecule has 4 heteroatoms. The lowest BCUT2D eigenvalue weighted by Crippen LogP contribution is -2.21. The van der Waals surface area contributed by atoms with Crippen molar-refractivity contribution in [3.63, 3.8) is 0 Å². The Morgan fingerprint density at radius 2 is 2.35 bits per heavy atom. The minimum Gasteiger partial charge on any atom is -0.490 e. The van der Waals surface area contributed by atoms with Gasteiger partial charge in [-0.3, -0.25) is 0 Å². The first-order chi connectivity index (χ1) is 8.22. The first-order valence-electron chi connectivity index (χ1n) is 6.07. The van der Waals surface area contributed by atoms with Gasteiger partial charge in [-0.05, 0) is 37.9 Å². The van der Waals surface area contributed by atoms with Crippen LogP contribution in [0.2, 0.25) is 0 Å². The molecule has 0 spiro atoms. The minimum absolute atomic E-state index is 0.194. The monoisotopic (exact) mass is 301 g/mol. The van der Waals surface area contributed by atoms with Crippen LogP contribution in [0.3, 0.4) is 0 Å². The van der Waals surface area contributed by atoms with Gasteiger partial charge in [-0.25, -0.2) is 4.39 Å². The molecule has 1 aromatic rings. The molecule has 1 aromatic carbocycles. The Kier molecular flexibility index (Phi) is 4.40. The van der Waals surface area contributed by atoms with E-state index in [1.165, 1.54) is 6.07 Å². The molecule has 0 saturated carbocycles. The maximum atomic E-state index is 13.8. The largest absolute Gasteiger partial charge is 0.490 e.